The van der Waals surface area contributed by atoms with Crippen molar-refractivity contribution >= 4 is 35.8 Å². The van der Waals surface area contributed by atoms with Crippen LogP contribution < -0.4 is 11.1 Å². The molecule has 0 aromatic heterocycles. The van der Waals surface area contributed by atoms with Gasteiger partial charge in [-0.15, -0.1) is 12.4 Å². The molecule has 0 bridgehead atoms. The van der Waals surface area contributed by atoms with Crippen molar-refractivity contribution in [1.29, 1.82) is 0 Å². The second kappa shape index (κ2) is 9.15. The fourth-order valence-corrected chi connectivity index (χ4v) is 2.79. The number of carbonyl (C=O) groups excluding carboxylic acids is 2. The predicted octanol–water partition coefficient (Wildman–Crippen LogP) is 1.71. The largest absolute Gasteiger partial charge is 0.392 e. The second-order valence-electron chi connectivity index (χ2n) is 7.58. The number of nitrogens with two attached hydrogens (primary N) is 1. The summed E-state index contributed by atoms with van der Waals surface area (Å²) in [7, 11) is 0. The number of β-amino-alcohol motifs (C(OH)–C–C–N with tert-alkyl or cyclic N) is 1. The molecule has 1 fully saturated rings. The standard InChI is InChI=1S/C18H26ClN3O3.ClH/c1-18(2,3)15(20)17(25)22(10-11-4-6-12(19)7-5-11)16(24)14-8-13(23)9-21-14;/h4-7,13-15,21,23H,8-10,20H2,1-3H3;1H/t13-,14+,15-;/m1./s1. The highest BCUT2D eigenvalue weighted by Gasteiger charge is 2.38. The lowest BCUT2D eigenvalue weighted by molar-refractivity contribution is -0.149. The van der Waals surface area contributed by atoms with E-state index in [4.69, 9.17) is 17.3 Å². The Balaban J connectivity index is 0.00000338. The first kappa shape index (κ1) is 22.9. The number of aliphatic hydroxyl groups is 1. The molecule has 1 saturated heterocycles. The number of imide groups is 1. The molecule has 0 aliphatic carbocycles. The van der Waals surface area contributed by atoms with Gasteiger partial charge in [0.2, 0.25) is 11.8 Å². The van der Waals surface area contributed by atoms with Crippen molar-refractivity contribution in [2.24, 2.45) is 11.1 Å². The highest BCUT2D eigenvalue weighted by Crippen LogP contribution is 2.22. The molecule has 0 spiro atoms. The molecule has 2 amide bonds. The molecule has 0 unspecified atom stereocenters. The summed E-state index contributed by atoms with van der Waals surface area (Å²) in [6.45, 7) is 6.03. The summed E-state index contributed by atoms with van der Waals surface area (Å²) in [5.41, 5.74) is 6.41. The number of benzene rings is 1. The van der Waals surface area contributed by atoms with E-state index in [0.717, 1.165) is 5.56 Å². The van der Waals surface area contributed by atoms with Gasteiger partial charge in [-0.3, -0.25) is 14.5 Å². The molecule has 0 saturated carbocycles. The maximum Gasteiger partial charge on any atom is 0.246 e. The molecule has 1 aliphatic heterocycles. The second-order valence-corrected chi connectivity index (χ2v) is 8.02. The van der Waals surface area contributed by atoms with Gasteiger partial charge >= 0.3 is 0 Å². The highest BCUT2D eigenvalue weighted by atomic mass is 35.5. The van der Waals surface area contributed by atoms with Crippen LogP contribution in [0.2, 0.25) is 5.02 Å². The van der Waals surface area contributed by atoms with Gasteiger partial charge in [-0.05, 0) is 29.5 Å². The summed E-state index contributed by atoms with van der Waals surface area (Å²) in [5.74, 6) is -0.785. The zero-order chi connectivity index (χ0) is 18.8. The SMILES string of the molecule is CC(C)(C)[C@H](N)C(=O)N(Cc1ccc(Cl)cc1)C(=O)[C@@H]1C[C@@H](O)CN1.Cl. The number of halogens is 2. The van der Waals surface area contributed by atoms with E-state index < -0.39 is 29.5 Å². The number of rotatable bonds is 4. The van der Waals surface area contributed by atoms with Gasteiger partial charge < -0.3 is 16.2 Å². The molecule has 4 N–H and O–H groups in total. The van der Waals surface area contributed by atoms with Crippen molar-refractivity contribution in [3.8, 4) is 0 Å². The van der Waals surface area contributed by atoms with Crippen LogP contribution in [0.25, 0.3) is 0 Å². The smallest absolute Gasteiger partial charge is 0.246 e. The van der Waals surface area contributed by atoms with Crippen molar-refractivity contribution < 1.29 is 14.7 Å². The lowest BCUT2D eigenvalue weighted by Gasteiger charge is -2.32. The summed E-state index contributed by atoms with van der Waals surface area (Å²) in [5, 5.41) is 13.2. The topological polar surface area (TPSA) is 95.7 Å². The Hall–Kier alpha value is -1.18. The number of carbonyl (C=O) groups is 2. The summed E-state index contributed by atoms with van der Waals surface area (Å²) < 4.78 is 0. The van der Waals surface area contributed by atoms with Crippen LogP contribution >= 0.6 is 24.0 Å². The van der Waals surface area contributed by atoms with E-state index in [0.29, 0.717) is 11.6 Å². The van der Waals surface area contributed by atoms with Gasteiger partial charge in [0.15, 0.2) is 0 Å². The molecule has 3 atom stereocenters. The molecule has 8 heteroatoms. The third kappa shape index (κ3) is 5.66. The van der Waals surface area contributed by atoms with Crippen LogP contribution in [-0.4, -0.2) is 46.6 Å². The maximum absolute atomic E-state index is 12.9. The van der Waals surface area contributed by atoms with Crippen molar-refractivity contribution in [2.75, 3.05) is 6.54 Å². The molecule has 26 heavy (non-hydrogen) atoms. The van der Waals surface area contributed by atoms with Crippen LogP contribution in [0.4, 0.5) is 0 Å². The van der Waals surface area contributed by atoms with Gasteiger partial charge in [-0.1, -0.05) is 44.5 Å². The van der Waals surface area contributed by atoms with E-state index >= 15 is 0 Å². The monoisotopic (exact) mass is 403 g/mol. The molecule has 1 heterocycles. The van der Waals surface area contributed by atoms with Gasteiger partial charge in [0, 0.05) is 11.6 Å². The number of hydrogen-bond acceptors (Lipinski definition) is 5. The number of hydrogen-bond donors (Lipinski definition) is 3. The van der Waals surface area contributed by atoms with E-state index in [1.54, 1.807) is 24.3 Å². The molecule has 1 aromatic carbocycles. The van der Waals surface area contributed by atoms with Gasteiger partial charge in [0.05, 0.1) is 24.7 Å². The third-order valence-corrected chi connectivity index (χ3v) is 4.64. The van der Waals surface area contributed by atoms with Gasteiger partial charge in [0.25, 0.3) is 0 Å². The average Bonchev–Trinajstić information content (AvgIpc) is 2.98. The van der Waals surface area contributed by atoms with Crippen LogP contribution in [-0.2, 0) is 16.1 Å². The maximum atomic E-state index is 12.9. The first-order chi connectivity index (χ1) is 11.6. The molecule has 0 radical (unpaired) electrons. The van der Waals surface area contributed by atoms with Crippen molar-refractivity contribution in [3.63, 3.8) is 0 Å². The third-order valence-electron chi connectivity index (χ3n) is 4.39. The first-order valence-electron chi connectivity index (χ1n) is 8.36. The Kier molecular flexibility index (Phi) is 8.04. The van der Waals surface area contributed by atoms with Crippen LogP contribution in [0, 0.1) is 5.41 Å². The van der Waals surface area contributed by atoms with Crippen molar-refractivity contribution in [1.82, 2.24) is 10.2 Å². The van der Waals surface area contributed by atoms with Gasteiger partial charge in [0.1, 0.15) is 0 Å². The fraction of sp³-hybridized carbons (Fsp3) is 0.556. The molecular weight excluding hydrogens is 377 g/mol. The van der Waals surface area contributed by atoms with E-state index in [2.05, 4.69) is 5.32 Å². The zero-order valence-corrected chi connectivity index (χ0v) is 16.8. The fourth-order valence-electron chi connectivity index (χ4n) is 2.67. The molecule has 1 aliphatic rings. The quantitative estimate of drug-likeness (QED) is 0.710. The van der Waals surface area contributed by atoms with Crippen LogP contribution in [0.15, 0.2) is 24.3 Å². The van der Waals surface area contributed by atoms with E-state index in [9.17, 15) is 14.7 Å². The van der Waals surface area contributed by atoms with E-state index in [1.807, 2.05) is 20.8 Å². The average molecular weight is 404 g/mol. The number of amides is 2. The minimum Gasteiger partial charge on any atom is -0.392 e. The molecular formula is C18H27Cl2N3O3. The summed E-state index contributed by atoms with van der Waals surface area (Å²) >= 11 is 5.90. The Morgan fingerprint density at radius 1 is 1.35 bits per heavy atom. The normalized spacial score (nSPS) is 21.0. The predicted molar refractivity (Wildman–Crippen MR) is 104 cm³/mol. The van der Waals surface area contributed by atoms with E-state index in [1.165, 1.54) is 4.90 Å². The highest BCUT2D eigenvalue weighted by molar-refractivity contribution is 6.30. The molecule has 2 rings (SSSR count). The summed E-state index contributed by atoms with van der Waals surface area (Å²) in [4.78, 5) is 27.0. The molecule has 146 valence electrons. The van der Waals surface area contributed by atoms with Crippen molar-refractivity contribution in [2.45, 2.75) is 51.9 Å². The molecule has 6 nitrogen and oxygen atoms in total. The van der Waals surface area contributed by atoms with Gasteiger partial charge in [-0.25, -0.2) is 0 Å². The lowest BCUT2D eigenvalue weighted by atomic mass is 9.86. The first-order valence-corrected chi connectivity index (χ1v) is 8.74. The van der Waals surface area contributed by atoms with E-state index in [-0.39, 0.29) is 31.3 Å². The van der Waals surface area contributed by atoms with Gasteiger partial charge in [-0.2, -0.15) is 0 Å². The number of nitrogens with one attached hydrogen (secondary N) is 1. The minimum atomic E-state index is -0.810. The van der Waals surface area contributed by atoms with Crippen LogP contribution in [0.5, 0.6) is 0 Å². The van der Waals surface area contributed by atoms with Crippen molar-refractivity contribution in [3.05, 3.63) is 34.9 Å². The molecule has 1 aromatic rings. The summed E-state index contributed by atoms with van der Waals surface area (Å²) in [6, 6.07) is 5.58. The Bertz CT molecular complexity index is 632. The zero-order valence-electron chi connectivity index (χ0n) is 15.2. The Morgan fingerprint density at radius 3 is 2.38 bits per heavy atom. The minimum absolute atomic E-state index is 0. The summed E-state index contributed by atoms with van der Waals surface area (Å²) in [6.07, 6.45) is -0.300. The lowest BCUT2D eigenvalue weighted by Crippen LogP contribution is -2.55. The number of aliphatic hydroxyl groups excluding tert-OH is 1. The Morgan fingerprint density at radius 2 is 1.92 bits per heavy atom. The van der Waals surface area contributed by atoms with Crippen LogP contribution in [0.3, 0.4) is 0 Å². The van der Waals surface area contributed by atoms with Crippen LogP contribution in [0.1, 0.15) is 32.8 Å². The number of nitrogens with zero attached hydrogens (tertiary/aromatic N) is 1. The Labute approximate surface area is 165 Å².